The Labute approximate surface area is 111 Å². The predicted octanol–water partition coefficient (Wildman–Crippen LogP) is 2.56. The van der Waals surface area contributed by atoms with Gasteiger partial charge in [-0.1, -0.05) is 17.7 Å². The van der Waals surface area contributed by atoms with Crippen molar-refractivity contribution >= 4 is 0 Å². The summed E-state index contributed by atoms with van der Waals surface area (Å²) in [5.74, 6) is 0. The Hall–Kier alpha value is -0.640. The molecule has 106 valence electrons. The van der Waals surface area contributed by atoms with Crippen molar-refractivity contribution in [3.8, 4) is 0 Å². The van der Waals surface area contributed by atoms with E-state index < -0.39 is 17.3 Å². The van der Waals surface area contributed by atoms with Crippen molar-refractivity contribution in [2.24, 2.45) is 0 Å². The van der Waals surface area contributed by atoms with Crippen LogP contribution in [0.2, 0.25) is 0 Å². The second-order valence-corrected chi connectivity index (χ2v) is 5.86. The topological polar surface area (TPSA) is 60.7 Å². The van der Waals surface area contributed by atoms with Crippen LogP contribution in [0.4, 0.5) is 0 Å². The monoisotopic (exact) mass is 256 g/mol. The fourth-order valence-corrected chi connectivity index (χ4v) is 1.53. The van der Waals surface area contributed by atoms with Crippen LogP contribution in [0.3, 0.4) is 0 Å². The maximum Gasteiger partial charge on any atom is 0.0849 e. The van der Waals surface area contributed by atoms with Gasteiger partial charge in [-0.15, -0.1) is 6.58 Å². The fraction of sp³-hybridized carbons (Fsp3) is 0.733. The van der Waals surface area contributed by atoms with E-state index in [4.69, 9.17) is 0 Å². The van der Waals surface area contributed by atoms with Crippen LogP contribution in [0.15, 0.2) is 24.3 Å². The van der Waals surface area contributed by atoms with Gasteiger partial charge in [0.1, 0.15) is 0 Å². The Bertz CT molecular complexity index is 285. The van der Waals surface area contributed by atoms with Crippen LogP contribution in [0.1, 0.15) is 53.4 Å². The summed E-state index contributed by atoms with van der Waals surface area (Å²) in [5, 5.41) is 29.0. The minimum absolute atomic E-state index is 0.545. The van der Waals surface area contributed by atoms with E-state index in [0.717, 1.165) is 18.4 Å². The van der Waals surface area contributed by atoms with Crippen LogP contribution in [0.5, 0.6) is 0 Å². The molecule has 0 spiro atoms. The largest absolute Gasteiger partial charge is 0.390 e. The third-order valence-corrected chi connectivity index (χ3v) is 3.21. The molecule has 0 rings (SSSR count). The molecule has 3 heteroatoms. The molecule has 0 aromatic heterocycles. The summed E-state index contributed by atoms with van der Waals surface area (Å²) >= 11 is 0. The van der Waals surface area contributed by atoms with E-state index >= 15 is 0 Å². The molecule has 0 aliphatic heterocycles. The Morgan fingerprint density at radius 2 is 1.83 bits per heavy atom. The van der Waals surface area contributed by atoms with Gasteiger partial charge in [0.05, 0.1) is 17.3 Å². The van der Waals surface area contributed by atoms with Crippen LogP contribution in [0, 0.1) is 0 Å². The quantitative estimate of drug-likeness (QED) is 0.585. The molecule has 18 heavy (non-hydrogen) atoms. The summed E-state index contributed by atoms with van der Waals surface area (Å²) in [4.78, 5) is 0. The van der Waals surface area contributed by atoms with E-state index in [-0.39, 0.29) is 0 Å². The van der Waals surface area contributed by atoms with Gasteiger partial charge in [0, 0.05) is 0 Å². The third-order valence-electron chi connectivity index (χ3n) is 3.21. The zero-order valence-electron chi connectivity index (χ0n) is 12.1. The molecular formula is C15H28O3. The van der Waals surface area contributed by atoms with Gasteiger partial charge in [-0.05, 0) is 53.4 Å². The highest BCUT2D eigenvalue weighted by atomic mass is 16.3. The summed E-state index contributed by atoms with van der Waals surface area (Å²) in [6.45, 7) is 10.5. The van der Waals surface area contributed by atoms with Gasteiger partial charge in [0.15, 0.2) is 0 Å². The minimum atomic E-state index is -1.05. The molecule has 0 saturated carbocycles. The molecule has 0 radical (unpaired) electrons. The molecule has 0 saturated heterocycles. The molecule has 0 aromatic rings. The summed E-state index contributed by atoms with van der Waals surface area (Å²) in [7, 11) is 0. The Balaban J connectivity index is 4.03. The minimum Gasteiger partial charge on any atom is -0.390 e. The van der Waals surface area contributed by atoms with Gasteiger partial charge in [-0.2, -0.15) is 0 Å². The van der Waals surface area contributed by atoms with Gasteiger partial charge in [0.25, 0.3) is 0 Å². The highest BCUT2D eigenvalue weighted by Gasteiger charge is 2.23. The predicted molar refractivity (Wildman–Crippen MR) is 75.4 cm³/mol. The number of rotatable bonds is 8. The third kappa shape index (κ3) is 7.64. The average Bonchev–Trinajstić information content (AvgIpc) is 2.24. The van der Waals surface area contributed by atoms with E-state index in [1.54, 1.807) is 26.8 Å². The Morgan fingerprint density at radius 3 is 2.28 bits per heavy atom. The second kappa shape index (κ2) is 7.07. The summed E-state index contributed by atoms with van der Waals surface area (Å²) in [6, 6.07) is 0. The molecule has 0 aliphatic rings. The Kier molecular flexibility index (Phi) is 6.82. The number of allylic oxidation sites excluding steroid dienone is 2. The lowest BCUT2D eigenvalue weighted by Gasteiger charge is -2.24. The zero-order valence-corrected chi connectivity index (χ0v) is 12.1. The number of hydrogen-bond donors (Lipinski definition) is 3. The van der Waals surface area contributed by atoms with E-state index in [9.17, 15) is 15.3 Å². The Morgan fingerprint density at radius 1 is 1.28 bits per heavy atom. The van der Waals surface area contributed by atoms with Gasteiger partial charge < -0.3 is 15.3 Å². The van der Waals surface area contributed by atoms with Crippen LogP contribution in [0.25, 0.3) is 0 Å². The molecule has 3 N–H and O–H groups in total. The molecule has 2 atom stereocenters. The first-order valence-corrected chi connectivity index (χ1v) is 6.50. The van der Waals surface area contributed by atoms with E-state index in [1.165, 1.54) is 0 Å². The molecule has 0 fully saturated rings. The first kappa shape index (κ1) is 17.4. The van der Waals surface area contributed by atoms with Gasteiger partial charge in [-0.3, -0.25) is 0 Å². The van der Waals surface area contributed by atoms with Gasteiger partial charge in [0.2, 0.25) is 0 Å². The first-order valence-electron chi connectivity index (χ1n) is 6.50. The summed E-state index contributed by atoms with van der Waals surface area (Å²) in [5.41, 5.74) is -0.700. The molecule has 0 heterocycles. The van der Waals surface area contributed by atoms with Crippen molar-refractivity contribution in [1.29, 1.82) is 0 Å². The van der Waals surface area contributed by atoms with Crippen molar-refractivity contribution < 1.29 is 15.3 Å². The zero-order chi connectivity index (χ0) is 14.4. The maximum absolute atomic E-state index is 9.74. The lowest BCUT2D eigenvalue weighted by atomic mass is 9.95. The van der Waals surface area contributed by atoms with Crippen molar-refractivity contribution in [2.45, 2.75) is 70.7 Å². The fourth-order valence-electron chi connectivity index (χ4n) is 1.53. The van der Waals surface area contributed by atoms with Crippen molar-refractivity contribution in [3.05, 3.63) is 24.3 Å². The van der Waals surface area contributed by atoms with E-state index in [1.807, 2.05) is 6.92 Å². The summed E-state index contributed by atoms with van der Waals surface area (Å²) < 4.78 is 0. The lowest BCUT2D eigenvalue weighted by Crippen LogP contribution is -2.35. The molecule has 0 bridgehead atoms. The molecule has 0 aromatic carbocycles. The summed E-state index contributed by atoms with van der Waals surface area (Å²) in [6.07, 6.45) is 5.62. The van der Waals surface area contributed by atoms with Crippen LogP contribution >= 0.6 is 0 Å². The maximum atomic E-state index is 9.74. The van der Waals surface area contributed by atoms with Crippen molar-refractivity contribution in [3.63, 3.8) is 0 Å². The normalized spacial score (nSPS) is 18.3. The second-order valence-electron chi connectivity index (χ2n) is 5.86. The van der Waals surface area contributed by atoms with Gasteiger partial charge in [-0.25, -0.2) is 0 Å². The van der Waals surface area contributed by atoms with Crippen molar-refractivity contribution in [2.75, 3.05) is 0 Å². The smallest absolute Gasteiger partial charge is 0.0849 e. The van der Waals surface area contributed by atoms with Crippen LogP contribution in [-0.4, -0.2) is 32.6 Å². The van der Waals surface area contributed by atoms with Crippen LogP contribution in [-0.2, 0) is 0 Å². The average molecular weight is 256 g/mol. The highest BCUT2D eigenvalue weighted by molar-refractivity contribution is 5.01. The number of aliphatic hydroxyl groups is 3. The van der Waals surface area contributed by atoms with E-state index in [2.05, 4.69) is 12.7 Å². The standard InChI is InChI=1S/C15H28O3/c1-6-15(5,18)11-7-8-12(2)9-10-13(16)14(3,4)17/h6,8,13,16-18H,1,7,9-11H2,2-5H3/b12-8+/t13-,15-/m1/s1. The SMILES string of the molecule is C=C[C@@](C)(O)CC/C=C(\C)CC[C@@H](O)C(C)(C)O. The molecular weight excluding hydrogens is 228 g/mol. The molecule has 3 nitrogen and oxygen atoms in total. The number of hydrogen-bond acceptors (Lipinski definition) is 3. The number of aliphatic hydroxyl groups excluding tert-OH is 1. The molecule has 0 amide bonds. The lowest BCUT2D eigenvalue weighted by molar-refractivity contribution is -0.0509. The molecule has 0 unspecified atom stereocenters. The van der Waals surface area contributed by atoms with Gasteiger partial charge >= 0.3 is 0 Å². The first-order chi connectivity index (χ1) is 8.08. The molecule has 0 aliphatic carbocycles. The van der Waals surface area contributed by atoms with Crippen LogP contribution < -0.4 is 0 Å². The highest BCUT2D eigenvalue weighted by Crippen LogP contribution is 2.18. The van der Waals surface area contributed by atoms with Crippen molar-refractivity contribution in [1.82, 2.24) is 0 Å². The van der Waals surface area contributed by atoms with E-state index in [0.29, 0.717) is 12.8 Å².